The number of hydrogen-bond donors (Lipinski definition) is 2. The lowest BCUT2D eigenvalue weighted by molar-refractivity contribution is 0.293. The summed E-state index contributed by atoms with van der Waals surface area (Å²) >= 11 is 1.70. The van der Waals surface area contributed by atoms with Crippen molar-refractivity contribution in [1.29, 1.82) is 0 Å². The van der Waals surface area contributed by atoms with Crippen LogP contribution in [0.1, 0.15) is 16.1 Å². The SMILES string of the molecule is Cc1ccc(-c2csc(CCNCCO)n2)cc1C. The second-order valence-corrected chi connectivity index (χ2v) is 5.59. The van der Waals surface area contributed by atoms with E-state index in [1.807, 2.05) is 0 Å². The molecule has 4 heteroatoms. The van der Waals surface area contributed by atoms with Gasteiger partial charge in [0.05, 0.1) is 17.3 Å². The molecule has 2 N–H and O–H groups in total. The Labute approximate surface area is 118 Å². The van der Waals surface area contributed by atoms with Gasteiger partial charge in [0.2, 0.25) is 0 Å². The molecule has 0 radical (unpaired) electrons. The van der Waals surface area contributed by atoms with E-state index in [9.17, 15) is 0 Å². The van der Waals surface area contributed by atoms with Gasteiger partial charge in [-0.1, -0.05) is 12.1 Å². The minimum atomic E-state index is 0.186. The quantitative estimate of drug-likeness (QED) is 0.797. The third kappa shape index (κ3) is 3.86. The van der Waals surface area contributed by atoms with Gasteiger partial charge in [-0.2, -0.15) is 0 Å². The van der Waals surface area contributed by atoms with Gasteiger partial charge in [-0.3, -0.25) is 0 Å². The Kier molecular flexibility index (Phi) is 5.07. The highest BCUT2D eigenvalue weighted by molar-refractivity contribution is 7.09. The number of nitrogens with zero attached hydrogens (tertiary/aromatic N) is 1. The largest absolute Gasteiger partial charge is 0.395 e. The molecule has 19 heavy (non-hydrogen) atoms. The van der Waals surface area contributed by atoms with Gasteiger partial charge in [-0.05, 0) is 31.0 Å². The molecule has 2 aromatic rings. The fraction of sp³-hybridized carbons (Fsp3) is 0.400. The van der Waals surface area contributed by atoms with E-state index in [4.69, 9.17) is 5.11 Å². The molecular weight excluding hydrogens is 256 g/mol. The Morgan fingerprint density at radius 3 is 2.79 bits per heavy atom. The topological polar surface area (TPSA) is 45.1 Å². The van der Waals surface area contributed by atoms with Crippen molar-refractivity contribution >= 4 is 11.3 Å². The Bertz CT molecular complexity index is 537. The van der Waals surface area contributed by atoms with Crippen LogP contribution >= 0.6 is 11.3 Å². The van der Waals surface area contributed by atoms with E-state index in [1.54, 1.807) is 11.3 Å². The van der Waals surface area contributed by atoms with E-state index in [0.29, 0.717) is 6.54 Å². The summed E-state index contributed by atoms with van der Waals surface area (Å²) in [6.45, 7) is 5.95. The fourth-order valence-electron chi connectivity index (χ4n) is 1.86. The third-order valence-electron chi connectivity index (χ3n) is 3.16. The smallest absolute Gasteiger partial charge is 0.0945 e. The van der Waals surface area contributed by atoms with Gasteiger partial charge in [0, 0.05) is 30.5 Å². The molecule has 0 spiro atoms. The first kappa shape index (κ1) is 14.2. The standard InChI is InChI=1S/C15H20N2OS/c1-11-3-4-13(9-12(11)2)14-10-19-15(17-14)5-6-16-7-8-18/h3-4,9-10,16,18H,5-8H2,1-2H3. The van der Waals surface area contributed by atoms with E-state index in [2.05, 4.69) is 47.7 Å². The molecule has 0 amide bonds. The maximum absolute atomic E-state index is 8.69. The summed E-state index contributed by atoms with van der Waals surface area (Å²) < 4.78 is 0. The summed E-state index contributed by atoms with van der Waals surface area (Å²) in [5.74, 6) is 0. The first-order chi connectivity index (χ1) is 9.20. The van der Waals surface area contributed by atoms with Crippen molar-refractivity contribution in [2.75, 3.05) is 19.7 Å². The highest BCUT2D eigenvalue weighted by Gasteiger charge is 2.05. The predicted octanol–water partition coefficient (Wildman–Crippen LogP) is 2.55. The second kappa shape index (κ2) is 6.80. The summed E-state index contributed by atoms with van der Waals surface area (Å²) in [4.78, 5) is 4.66. The maximum Gasteiger partial charge on any atom is 0.0945 e. The van der Waals surface area contributed by atoms with Crippen molar-refractivity contribution in [3.05, 3.63) is 39.7 Å². The molecule has 1 heterocycles. The van der Waals surface area contributed by atoms with Gasteiger partial charge in [0.25, 0.3) is 0 Å². The molecule has 102 valence electrons. The molecule has 2 rings (SSSR count). The Morgan fingerprint density at radius 2 is 2.05 bits per heavy atom. The van der Waals surface area contributed by atoms with Gasteiger partial charge < -0.3 is 10.4 Å². The van der Waals surface area contributed by atoms with Crippen molar-refractivity contribution < 1.29 is 5.11 Å². The van der Waals surface area contributed by atoms with Crippen molar-refractivity contribution in [3.63, 3.8) is 0 Å². The summed E-state index contributed by atoms with van der Waals surface area (Å²) in [6, 6.07) is 6.47. The number of aliphatic hydroxyl groups excluding tert-OH is 1. The molecule has 0 aliphatic rings. The molecule has 0 atom stereocenters. The molecular formula is C15H20N2OS. The number of nitrogens with one attached hydrogen (secondary N) is 1. The van der Waals surface area contributed by atoms with Crippen LogP contribution in [-0.2, 0) is 6.42 Å². The van der Waals surface area contributed by atoms with Crippen LogP contribution in [0.4, 0.5) is 0 Å². The highest BCUT2D eigenvalue weighted by atomic mass is 32.1. The summed E-state index contributed by atoms with van der Waals surface area (Å²) in [7, 11) is 0. The number of benzene rings is 1. The molecule has 3 nitrogen and oxygen atoms in total. The zero-order chi connectivity index (χ0) is 13.7. The van der Waals surface area contributed by atoms with Crippen LogP contribution in [-0.4, -0.2) is 29.8 Å². The van der Waals surface area contributed by atoms with Crippen molar-refractivity contribution in [2.24, 2.45) is 0 Å². The van der Waals surface area contributed by atoms with Crippen molar-refractivity contribution in [3.8, 4) is 11.3 Å². The molecule has 1 aromatic heterocycles. The van der Waals surface area contributed by atoms with Crippen LogP contribution < -0.4 is 5.32 Å². The van der Waals surface area contributed by atoms with E-state index in [-0.39, 0.29) is 6.61 Å². The van der Waals surface area contributed by atoms with E-state index < -0.39 is 0 Å². The third-order valence-corrected chi connectivity index (χ3v) is 4.07. The van der Waals surface area contributed by atoms with Gasteiger partial charge in [0.1, 0.15) is 0 Å². The molecule has 0 saturated heterocycles. The van der Waals surface area contributed by atoms with Gasteiger partial charge in [-0.25, -0.2) is 4.98 Å². The number of rotatable bonds is 6. The minimum Gasteiger partial charge on any atom is -0.395 e. The maximum atomic E-state index is 8.69. The number of thiazole rings is 1. The Hall–Kier alpha value is -1.23. The van der Waals surface area contributed by atoms with Crippen molar-refractivity contribution in [1.82, 2.24) is 10.3 Å². The molecule has 0 aliphatic heterocycles. The molecule has 1 aromatic carbocycles. The van der Waals surface area contributed by atoms with Crippen LogP contribution in [0.25, 0.3) is 11.3 Å². The number of aliphatic hydroxyl groups is 1. The Morgan fingerprint density at radius 1 is 1.21 bits per heavy atom. The van der Waals surface area contributed by atoms with E-state index >= 15 is 0 Å². The normalized spacial score (nSPS) is 10.9. The predicted molar refractivity (Wildman–Crippen MR) is 80.7 cm³/mol. The average molecular weight is 276 g/mol. The zero-order valence-corrected chi connectivity index (χ0v) is 12.3. The monoisotopic (exact) mass is 276 g/mol. The van der Waals surface area contributed by atoms with Crippen LogP contribution in [0, 0.1) is 13.8 Å². The van der Waals surface area contributed by atoms with E-state index in [1.165, 1.54) is 16.7 Å². The van der Waals surface area contributed by atoms with Crippen molar-refractivity contribution in [2.45, 2.75) is 20.3 Å². The fourth-order valence-corrected chi connectivity index (χ4v) is 2.67. The first-order valence-corrected chi connectivity index (χ1v) is 7.42. The van der Waals surface area contributed by atoms with Crippen LogP contribution in [0.2, 0.25) is 0 Å². The number of hydrogen-bond acceptors (Lipinski definition) is 4. The minimum absolute atomic E-state index is 0.186. The first-order valence-electron chi connectivity index (χ1n) is 6.54. The van der Waals surface area contributed by atoms with Crippen LogP contribution in [0.3, 0.4) is 0 Å². The van der Waals surface area contributed by atoms with Gasteiger partial charge in [0.15, 0.2) is 0 Å². The summed E-state index contributed by atoms with van der Waals surface area (Å²) in [6.07, 6.45) is 0.912. The Balaban J connectivity index is 2.01. The van der Waals surface area contributed by atoms with Crippen LogP contribution in [0.5, 0.6) is 0 Å². The molecule has 0 fully saturated rings. The number of aryl methyl sites for hydroxylation is 2. The molecule has 0 saturated carbocycles. The zero-order valence-electron chi connectivity index (χ0n) is 11.4. The van der Waals surface area contributed by atoms with Crippen LogP contribution in [0.15, 0.2) is 23.6 Å². The summed E-state index contributed by atoms with van der Waals surface area (Å²) in [5, 5.41) is 15.1. The average Bonchev–Trinajstić information content (AvgIpc) is 2.87. The lowest BCUT2D eigenvalue weighted by atomic mass is 10.1. The summed E-state index contributed by atoms with van der Waals surface area (Å²) in [5.41, 5.74) is 4.86. The van der Waals surface area contributed by atoms with Gasteiger partial charge in [-0.15, -0.1) is 11.3 Å². The second-order valence-electron chi connectivity index (χ2n) is 4.65. The van der Waals surface area contributed by atoms with E-state index in [0.717, 1.165) is 23.7 Å². The molecule has 0 unspecified atom stereocenters. The lowest BCUT2D eigenvalue weighted by Gasteiger charge is -2.02. The molecule has 0 aliphatic carbocycles. The highest BCUT2D eigenvalue weighted by Crippen LogP contribution is 2.24. The van der Waals surface area contributed by atoms with Gasteiger partial charge >= 0.3 is 0 Å². The number of aromatic nitrogens is 1. The molecule has 0 bridgehead atoms. The lowest BCUT2D eigenvalue weighted by Crippen LogP contribution is -2.20.